The van der Waals surface area contributed by atoms with Gasteiger partial charge in [0.25, 0.3) is 0 Å². The van der Waals surface area contributed by atoms with Crippen molar-refractivity contribution >= 4 is 44.8 Å². The van der Waals surface area contributed by atoms with Gasteiger partial charge in [-0.3, -0.25) is 4.79 Å². The van der Waals surface area contributed by atoms with Gasteiger partial charge in [-0.25, -0.2) is 12.7 Å². The van der Waals surface area contributed by atoms with E-state index in [1.54, 1.807) is 18.2 Å². The Morgan fingerprint density at radius 2 is 1.76 bits per heavy atom. The molecule has 0 aromatic heterocycles. The number of nitrogens with zero attached hydrogens (tertiary/aromatic N) is 1. The summed E-state index contributed by atoms with van der Waals surface area (Å²) in [6.07, 6.45) is 1.27. The number of nitrogens with one attached hydrogen (secondary N) is 1. The van der Waals surface area contributed by atoms with Crippen LogP contribution in [0.5, 0.6) is 0 Å². The minimum absolute atomic E-state index is 0.154. The number of halogens is 2. The zero-order valence-corrected chi connectivity index (χ0v) is 18.7. The predicted molar refractivity (Wildman–Crippen MR) is 118 cm³/mol. The molecule has 2 aromatic rings. The number of amides is 1. The van der Waals surface area contributed by atoms with Gasteiger partial charge >= 0.3 is 0 Å². The first-order chi connectivity index (χ1) is 13.7. The molecule has 1 heterocycles. The highest BCUT2D eigenvalue weighted by Gasteiger charge is 2.33. The van der Waals surface area contributed by atoms with Crippen LogP contribution in [0.1, 0.15) is 29.5 Å². The van der Waals surface area contributed by atoms with Gasteiger partial charge < -0.3 is 5.32 Å². The fourth-order valence-electron chi connectivity index (χ4n) is 3.64. The highest BCUT2D eigenvalue weighted by Crippen LogP contribution is 2.29. The lowest BCUT2D eigenvalue weighted by atomic mass is 9.98. The molecule has 1 aliphatic rings. The molecule has 0 aliphatic carbocycles. The summed E-state index contributed by atoms with van der Waals surface area (Å²) >= 11 is 12.3. The zero-order valence-electron chi connectivity index (χ0n) is 16.4. The van der Waals surface area contributed by atoms with Crippen LogP contribution >= 0.6 is 23.2 Å². The maximum atomic E-state index is 13.0. The summed E-state index contributed by atoms with van der Waals surface area (Å²) < 4.78 is 27.3. The van der Waals surface area contributed by atoms with Gasteiger partial charge in [-0.1, -0.05) is 35.3 Å². The Hall–Kier alpha value is -1.60. The first kappa shape index (κ1) is 22.1. The fraction of sp³-hybridized carbons (Fsp3) is 0.381. The Bertz CT molecular complexity index is 984. The van der Waals surface area contributed by atoms with Gasteiger partial charge in [0.2, 0.25) is 15.9 Å². The van der Waals surface area contributed by atoms with E-state index in [1.807, 2.05) is 32.0 Å². The molecule has 1 N–H and O–H groups in total. The smallest absolute Gasteiger partial charge is 0.228 e. The van der Waals surface area contributed by atoms with E-state index in [0.717, 1.165) is 16.8 Å². The Kier molecular flexibility index (Phi) is 6.89. The molecule has 1 atom stereocenters. The second kappa shape index (κ2) is 9.04. The molecule has 0 bridgehead atoms. The van der Waals surface area contributed by atoms with Crippen molar-refractivity contribution in [2.75, 3.05) is 18.4 Å². The SMILES string of the molecule is Cc1cc(C)cc(NC(=O)C2CCCN(S(=O)(=O)Cc3c(Cl)cccc3Cl)C2)c1. The molecule has 1 aliphatic heterocycles. The summed E-state index contributed by atoms with van der Waals surface area (Å²) in [6.45, 7) is 4.48. The number of aryl methyl sites for hydroxylation is 2. The standard InChI is InChI=1S/C21H24Cl2N2O3S/c1-14-9-15(2)11-17(10-14)24-21(26)16-5-4-8-25(12-16)29(27,28)13-18-19(22)6-3-7-20(18)23/h3,6-7,9-11,16H,4-5,8,12-13H2,1-2H3,(H,24,26). The molecule has 2 aromatic carbocycles. The van der Waals surface area contributed by atoms with Gasteiger partial charge in [0.15, 0.2) is 0 Å². The third-order valence-electron chi connectivity index (χ3n) is 5.03. The normalized spacial score (nSPS) is 17.9. The molecular weight excluding hydrogens is 431 g/mol. The maximum Gasteiger partial charge on any atom is 0.228 e. The van der Waals surface area contributed by atoms with Crippen molar-refractivity contribution in [1.29, 1.82) is 0 Å². The van der Waals surface area contributed by atoms with E-state index in [-0.39, 0.29) is 18.2 Å². The van der Waals surface area contributed by atoms with E-state index < -0.39 is 15.9 Å². The number of carbonyl (C=O) groups excluding carboxylic acids is 1. The molecule has 156 valence electrons. The van der Waals surface area contributed by atoms with Crippen LogP contribution in [-0.2, 0) is 20.6 Å². The highest BCUT2D eigenvalue weighted by atomic mass is 35.5. The Morgan fingerprint density at radius 3 is 2.38 bits per heavy atom. The van der Waals surface area contributed by atoms with Gasteiger partial charge in [-0.15, -0.1) is 0 Å². The van der Waals surface area contributed by atoms with Crippen LogP contribution in [-0.4, -0.2) is 31.7 Å². The van der Waals surface area contributed by atoms with E-state index in [1.165, 1.54) is 4.31 Å². The number of anilines is 1. The van der Waals surface area contributed by atoms with E-state index >= 15 is 0 Å². The van der Waals surface area contributed by atoms with Crippen LogP contribution in [0.4, 0.5) is 5.69 Å². The molecule has 0 radical (unpaired) electrons. The van der Waals surface area contributed by atoms with Crippen molar-refractivity contribution in [1.82, 2.24) is 4.31 Å². The Labute approximate surface area is 182 Å². The van der Waals surface area contributed by atoms with Crippen LogP contribution in [0.3, 0.4) is 0 Å². The van der Waals surface area contributed by atoms with Crippen molar-refractivity contribution in [2.24, 2.45) is 5.92 Å². The first-order valence-corrected chi connectivity index (χ1v) is 11.8. The number of sulfonamides is 1. The predicted octanol–water partition coefficient (Wildman–Crippen LogP) is 4.79. The lowest BCUT2D eigenvalue weighted by Crippen LogP contribution is -2.44. The average molecular weight is 455 g/mol. The van der Waals surface area contributed by atoms with Crippen LogP contribution < -0.4 is 5.32 Å². The van der Waals surface area contributed by atoms with Gasteiger partial charge in [0.1, 0.15) is 0 Å². The zero-order chi connectivity index (χ0) is 21.2. The molecule has 1 saturated heterocycles. The number of carbonyl (C=O) groups is 1. The second-order valence-electron chi connectivity index (χ2n) is 7.52. The highest BCUT2D eigenvalue weighted by molar-refractivity contribution is 7.88. The van der Waals surface area contributed by atoms with Gasteiger partial charge in [0, 0.05) is 34.4 Å². The monoisotopic (exact) mass is 454 g/mol. The molecule has 0 spiro atoms. The second-order valence-corrected chi connectivity index (χ2v) is 10.3. The maximum absolute atomic E-state index is 13.0. The average Bonchev–Trinajstić information content (AvgIpc) is 2.64. The van der Waals surface area contributed by atoms with Crippen molar-refractivity contribution in [3.8, 4) is 0 Å². The Morgan fingerprint density at radius 1 is 1.14 bits per heavy atom. The number of piperidine rings is 1. The molecule has 0 saturated carbocycles. The summed E-state index contributed by atoms with van der Waals surface area (Å²) in [7, 11) is -3.65. The quantitative estimate of drug-likeness (QED) is 0.705. The largest absolute Gasteiger partial charge is 0.326 e. The van der Waals surface area contributed by atoms with E-state index in [0.29, 0.717) is 35.0 Å². The lowest BCUT2D eigenvalue weighted by Gasteiger charge is -2.31. The number of rotatable bonds is 5. The Balaban J connectivity index is 1.71. The van der Waals surface area contributed by atoms with Gasteiger partial charge in [-0.05, 0) is 62.1 Å². The van der Waals surface area contributed by atoms with E-state index in [9.17, 15) is 13.2 Å². The first-order valence-electron chi connectivity index (χ1n) is 9.45. The van der Waals surface area contributed by atoms with Crippen molar-refractivity contribution in [3.05, 3.63) is 63.1 Å². The van der Waals surface area contributed by atoms with Crippen molar-refractivity contribution in [3.63, 3.8) is 0 Å². The number of hydrogen-bond donors (Lipinski definition) is 1. The van der Waals surface area contributed by atoms with Gasteiger partial charge in [0.05, 0.1) is 11.7 Å². The van der Waals surface area contributed by atoms with Crippen LogP contribution in [0.15, 0.2) is 36.4 Å². The summed E-state index contributed by atoms with van der Waals surface area (Å²) in [5.41, 5.74) is 3.24. The minimum atomic E-state index is -3.65. The molecule has 3 rings (SSSR count). The van der Waals surface area contributed by atoms with Gasteiger partial charge in [-0.2, -0.15) is 0 Å². The minimum Gasteiger partial charge on any atom is -0.326 e. The number of benzene rings is 2. The van der Waals surface area contributed by atoms with Crippen molar-refractivity contribution in [2.45, 2.75) is 32.4 Å². The molecule has 5 nitrogen and oxygen atoms in total. The summed E-state index contributed by atoms with van der Waals surface area (Å²) in [6, 6.07) is 10.8. The molecule has 1 unspecified atom stereocenters. The third kappa shape index (κ3) is 5.51. The summed E-state index contributed by atoms with van der Waals surface area (Å²) in [5, 5.41) is 3.57. The van der Waals surface area contributed by atoms with Crippen LogP contribution in [0.25, 0.3) is 0 Å². The molecule has 8 heteroatoms. The lowest BCUT2D eigenvalue weighted by molar-refractivity contribution is -0.120. The van der Waals surface area contributed by atoms with Crippen LogP contribution in [0.2, 0.25) is 10.0 Å². The molecule has 1 amide bonds. The van der Waals surface area contributed by atoms with E-state index in [4.69, 9.17) is 23.2 Å². The van der Waals surface area contributed by atoms with Crippen LogP contribution in [0, 0.1) is 19.8 Å². The summed E-state index contributed by atoms with van der Waals surface area (Å²) in [5.74, 6) is -0.844. The number of hydrogen-bond acceptors (Lipinski definition) is 3. The fourth-order valence-corrected chi connectivity index (χ4v) is 6.01. The summed E-state index contributed by atoms with van der Waals surface area (Å²) in [4.78, 5) is 12.8. The van der Waals surface area contributed by atoms with E-state index in [2.05, 4.69) is 5.32 Å². The molecular formula is C21H24Cl2N2O3S. The van der Waals surface area contributed by atoms with Crippen molar-refractivity contribution < 1.29 is 13.2 Å². The molecule has 1 fully saturated rings. The molecule has 29 heavy (non-hydrogen) atoms. The third-order valence-corrected chi connectivity index (χ3v) is 7.51. The topological polar surface area (TPSA) is 66.5 Å².